The molecule has 2 rings (SSSR count). The van der Waals surface area contributed by atoms with Crippen LogP contribution in [-0.2, 0) is 10.0 Å². The van der Waals surface area contributed by atoms with Crippen LogP contribution in [0.15, 0.2) is 30.9 Å². The zero-order chi connectivity index (χ0) is 14.0. The standard InChI is InChI=1S/C14H18FNO2S/c1-3-7-16-10-12(6-8-19(16,17)18)13-5-4-11(2)9-14(13)15/h3-5,9,12H,1,6-8,10H2,2H3. The van der Waals surface area contributed by atoms with E-state index in [9.17, 15) is 12.8 Å². The summed E-state index contributed by atoms with van der Waals surface area (Å²) in [6.07, 6.45) is 2.03. The van der Waals surface area contributed by atoms with Gasteiger partial charge in [-0.25, -0.2) is 12.8 Å². The maximum atomic E-state index is 14.0. The molecule has 0 spiro atoms. The Kier molecular flexibility index (Phi) is 4.06. The summed E-state index contributed by atoms with van der Waals surface area (Å²) in [7, 11) is -3.21. The van der Waals surface area contributed by atoms with Gasteiger partial charge in [0.1, 0.15) is 5.82 Å². The summed E-state index contributed by atoms with van der Waals surface area (Å²) in [5.74, 6) is -0.259. The van der Waals surface area contributed by atoms with Gasteiger partial charge in [-0.1, -0.05) is 18.2 Å². The Labute approximate surface area is 113 Å². The molecule has 1 fully saturated rings. The molecule has 0 saturated carbocycles. The second-order valence-corrected chi connectivity index (χ2v) is 7.02. The van der Waals surface area contributed by atoms with Crippen LogP contribution in [0.25, 0.3) is 0 Å². The highest BCUT2D eigenvalue weighted by molar-refractivity contribution is 7.89. The van der Waals surface area contributed by atoms with Gasteiger partial charge in [-0.15, -0.1) is 6.58 Å². The van der Waals surface area contributed by atoms with Crippen molar-refractivity contribution < 1.29 is 12.8 Å². The second kappa shape index (κ2) is 5.43. The lowest BCUT2D eigenvalue weighted by Crippen LogP contribution is -2.41. The van der Waals surface area contributed by atoms with Crippen LogP contribution in [0.1, 0.15) is 23.5 Å². The van der Waals surface area contributed by atoms with E-state index in [1.54, 1.807) is 12.1 Å². The summed E-state index contributed by atoms with van der Waals surface area (Å²) in [5, 5.41) is 0. The summed E-state index contributed by atoms with van der Waals surface area (Å²) < 4.78 is 39.1. The Hall–Kier alpha value is -1.20. The molecule has 1 aliphatic heterocycles. The van der Waals surface area contributed by atoms with Gasteiger partial charge < -0.3 is 0 Å². The zero-order valence-corrected chi connectivity index (χ0v) is 11.8. The molecule has 3 nitrogen and oxygen atoms in total. The molecule has 19 heavy (non-hydrogen) atoms. The van der Waals surface area contributed by atoms with Crippen LogP contribution in [0.2, 0.25) is 0 Å². The van der Waals surface area contributed by atoms with E-state index in [0.29, 0.717) is 18.5 Å². The van der Waals surface area contributed by atoms with E-state index < -0.39 is 10.0 Å². The van der Waals surface area contributed by atoms with Crippen LogP contribution < -0.4 is 0 Å². The zero-order valence-electron chi connectivity index (χ0n) is 11.0. The van der Waals surface area contributed by atoms with Gasteiger partial charge in [0.05, 0.1) is 5.75 Å². The Bertz CT molecular complexity index is 583. The summed E-state index contributed by atoms with van der Waals surface area (Å²) in [4.78, 5) is 0. The smallest absolute Gasteiger partial charge is 0.212 e. The first-order chi connectivity index (χ1) is 8.94. The van der Waals surface area contributed by atoms with E-state index in [-0.39, 0.29) is 24.0 Å². The lowest BCUT2D eigenvalue weighted by Gasteiger charge is -2.31. The van der Waals surface area contributed by atoms with E-state index >= 15 is 0 Å². The van der Waals surface area contributed by atoms with Crippen LogP contribution in [0.5, 0.6) is 0 Å². The van der Waals surface area contributed by atoms with Crippen LogP contribution in [0, 0.1) is 12.7 Å². The number of nitrogens with zero attached hydrogens (tertiary/aromatic N) is 1. The molecule has 1 saturated heterocycles. The van der Waals surface area contributed by atoms with Crippen LogP contribution in [0.4, 0.5) is 4.39 Å². The van der Waals surface area contributed by atoms with Gasteiger partial charge in [0.2, 0.25) is 10.0 Å². The minimum absolute atomic E-state index is 0.0683. The number of benzene rings is 1. The van der Waals surface area contributed by atoms with Gasteiger partial charge in [0.15, 0.2) is 0 Å². The molecule has 1 atom stereocenters. The lowest BCUT2D eigenvalue weighted by molar-refractivity contribution is 0.375. The first kappa shape index (κ1) is 14.2. The third-order valence-electron chi connectivity index (χ3n) is 3.47. The third kappa shape index (κ3) is 3.04. The highest BCUT2D eigenvalue weighted by Gasteiger charge is 2.32. The second-order valence-electron chi connectivity index (χ2n) is 4.93. The van der Waals surface area contributed by atoms with Gasteiger partial charge in [0, 0.05) is 19.0 Å². The van der Waals surface area contributed by atoms with Gasteiger partial charge in [0.25, 0.3) is 0 Å². The fourth-order valence-electron chi connectivity index (χ4n) is 2.42. The molecule has 1 heterocycles. The summed E-state index contributed by atoms with van der Waals surface area (Å²) in [5.41, 5.74) is 1.47. The molecule has 0 aromatic heterocycles. The fraction of sp³-hybridized carbons (Fsp3) is 0.429. The van der Waals surface area contributed by atoms with Gasteiger partial charge in [-0.2, -0.15) is 4.31 Å². The predicted octanol–water partition coefficient (Wildman–Crippen LogP) is 2.44. The molecule has 0 N–H and O–H groups in total. The molecule has 0 bridgehead atoms. The van der Waals surface area contributed by atoms with Crippen molar-refractivity contribution in [3.05, 3.63) is 47.8 Å². The average Bonchev–Trinajstić information content (AvgIpc) is 2.33. The van der Waals surface area contributed by atoms with Gasteiger partial charge in [-0.3, -0.25) is 0 Å². The van der Waals surface area contributed by atoms with E-state index in [2.05, 4.69) is 6.58 Å². The third-order valence-corrected chi connectivity index (χ3v) is 5.31. The molecular weight excluding hydrogens is 265 g/mol. The fourth-order valence-corrected chi connectivity index (χ4v) is 4.00. The van der Waals surface area contributed by atoms with E-state index in [1.165, 1.54) is 10.4 Å². The number of rotatable bonds is 3. The predicted molar refractivity (Wildman–Crippen MR) is 74.1 cm³/mol. The van der Waals surface area contributed by atoms with Crippen molar-refractivity contribution in [1.29, 1.82) is 0 Å². The number of sulfonamides is 1. The minimum Gasteiger partial charge on any atom is -0.212 e. The van der Waals surface area contributed by atoms with Crippen molar-refractivity contribution in [2.45, 2.75) is 19.3 Å². The Balaban J connectivity index is 2.25. The normalized spacial score (nSPS) is 23.2. The molecule has 1 aliphatic rings. The topological polar surface area (TPSA) is 37.4 Å². The molecule has 0 aliphatic carbocycles. The molecular formula is C14H18FNO2S. The number of aryl methyl sites for hydroxylation is 1. The molecule has 104 valence electrons. The van der Waals surface area contributed by atoms with Crippen LogP contribution in [-0.4, -0.2) is 31.6 Å². The SMILES string of the molecule is C=CCN1CC(c2ccc(C)cc2F)CCS1(=O)=O. The quantitative estimate of drug-likeness (QED) is 0.799. The summed E-state index contributed by atoms with van der Waals surface area (Å²) >= 11 is 0. The van der Waals surface area contributed by atoms with Gasteiger partial charge >= 0.3 is 0 Å². The number of hydrogen-bond acceptors (Lipinski definition) is 2. The molecule has 5 heteroatoms. The highest BCUT2D eigenvalue weighted by Crippen LogP contribution is 2.30. The minimum atomic E-state index is -3.21. The molecule has 1 aromatic rings. The van der Waals surface area contributed by atoms with Crippen molar-refractivity contribution in [3.8, 4) is 0 Å². The number of hydrogen-bond donors (Lipinski definition) is 0. The molecule has 0 amide bonds. The Morgan fingerprint density at radius 2 is 2.26 bits per heavy atom. The van der Waals surface area contributed by atoms with Crippen molar-refractivity contribution in [2.24, 2.45) is 0 Å². The van der Waals surface area contributed by atoms with E-state index in [1.807, 2.05) is 13.0 Å². The van der Waals surface area contributed by atoms with Crippen molar-refractivity contribution in [3.63, 3.8) is 0 Å². The lowest BCUT2D eigenvalue weighted by atomic mass is 9.94. The maximum absolute atomic E-state index is 14.0. The summed E-state index contributed by atoms with van der Waals surface area (Å²) in [6, 6.07) is 5.12. The van der Waals surface area contributed by atoms with E-state index in [0.717, 1.165) is 5.56 Å². The first-order valence-electron chi connectivity index (χ1n) is 6.29. The van der Waals surface area contributed by atoms with E-state index in [4.69, 9.17) is 0 Å². The average molecular weight is 283 g/mol. The van der Waals surface area contributed by atoms with Crippen molar-refractivity contribution >= 4 is 10.0 Å². The van der Waals surface area contributed by atoms with Crippen LogP contribution >= 0.6 is 0 Å². The largest absolute Gasteiger partial charge is 0.214 e. The molecule has 1 unspecified atom stereocenters. The maximum Gasteiger partial charge on any atom is 0.214 e. The highest BCUT2D eigenvalue weighted by atomic mass is 32.2. The molecule has 1 aromatic carbocycles. The summed E-state index contributed by atoms with van der Waals surface area (Å²) in [6.45, 7) is 6.01. The Morgan fingerprint density at radius 1 is 1.53 bits per heavy atom. The Morgan fingerprint density at radius 3 is 2.89 bits per heavy atom. The number of halogens is 1. The monoisotopic (exact) mass is 283 g/mol. The van der Waals surface area contributed by atoms with Crippen molar-refractivity contribution in [2.75, 3.05) is 18.8 Å². The van der Waals surface area contributed by atoms with Crippen LogP contribution in [0.3, 0.4) is 0 Å². The first-order valence-corrected chi connectivity index (χ1v) is 7.89. The molecule has 0 radical (unpaired) electrons. The van der Waals surface area contributed by atoms with Crippen molar-refractivity contribution in [1.82, 2.24) is 4.31 Å². The van der Waals surface area contributed by atoms with Gasteiger partial charge in [-0.05, 0) is 30.5 Å².